The first kappa shape index (κ1) is 8.43. The number of aromatic nitrogens is 2. The first-order chi connectivity index (χ1) is 6.79. The summed E-state index contributed by atoms with van der Waals surface area (Å²) in [6, 6.07) is 5.23. The molecule has 14 heavy (non-hydrogen) atoms. The number of nitrogens with zero attached hydrogens (tertiary/aromatic N) is 3. The zero-order valence-corrected chi connectivity index (χ0v) is 7.20. The first-order valence-corrected chi connectivity index (χ1v) is 4.01. The van der Waals surface area contributed by atoms with E-state index in [0.29, 0.717) is 5.69 Å². The molecule has 0 bridgehead atoms. The summed E-state index contributed by atoms with van der Waals surface area (Å²) in [7, 11) is 0. The van der Waals surface area contributed by atoms with E-state index in [4.69, 9.17) is 0 Å². The molecule has 0 N–H and O–H groups in total. The number of hydrogen-bond acceptors (Lipinski definition) is 3. The summed E-state index contributed by atoms with van der Waals surface area (Å²) in [4.78, 5) is 13.9. The van der Waals surface area contributed by atoms with Crippen molar-refractivity contribution in [3.8, 4) is 5.69 Å². The second-order valence-corrected chi connectivity index (χ2v) is 2.71. The van der Waals surface area contributed by atoms with Gasteiger partial charge >= 0.3 is 5.69 Å². The summed E-state index contributed by atoms with van der Waals surface area (Å²) in [5.41, 5.74) is 0.527. The maximum absolute atomic E-state index is 10.7. The predicted molar refractivity (Wildman–Crippen MR) is 50.2 cm³/mol. The van der Waals surface area contributed by atoms with Gasteiger partial charge in [-0.2, -0.15) is 0 Å². The van der Waals surface area contributed by atoms with Gasteiger partial charge in [0.05, 0.1) is 4.92 Å². The van der Waals surface area contributed by atoms with E-state index >= 15 is 0 Å². The van der Waals surface area contributed by atoms with Crippen LogP contribution in [0, 0.1) is 10.1 Å². The fraction of sp³-hybridized carbons (Fsp3) is 0. The number of pyridine rings is 1. The van der Waals surface area contributed by atoms with Crippen LogP contribution in [-0.4, -0.2) is 14.5 Å². The molecule has 0 aliphatic heterocycles. The van der Waals surface area contributed by atoms with Crippen molar-refractivity contribution < 1.29 is 4.92 Å². The lowest BCUT2D eigenvalue weighted by molar-refractivity contribution is -0.384. The summed E-state index contributed by atoms with van der Waals surface area (Å²) in [6.45, 7) is 0. The summed E-state index contributed by atoms with van der Waals surface area (Å²) >= 11 is 0. The van der Waals surface area contributed by atoms with Gasteiger partial charge in [0.2, 0.25) is 0 Å². The molecule has 0 radical (unpaired) electrons. The van der Waals surface area contributed by atoms with E-state index in [0.717, 1.165) is 0 Å². The third-order valence-corrected chi connectivity index (χ3v) is 1.86. The van der Waals surface area contributed by atoms with Crippen LogP contribution >= 0.6 is 0 Å². The zero-order valence-electron chi connectivity index (χ0n) is 7.20. The van der Waals surface area contributed by atoms with Crippen LogP contribution in [0.3, 0.4) is 0 Å². The van der Waals surface area contributed by atoms with Gasteiger partial charge in [-0.25, -0.2) is 0 Å². The quantitative estimate of drug-likeness (QED) is 0.534. The highest BCUT2D eigenvalue weighted by molar-refractivity contribution is 5.50. The Bertz CT molecular complexity index is 451. The van der Waals surface area contributed by atoms with Crippen LogP contribution in [0.15, 0.2) is 43.0 Å². The van der Waals surface area contributed by atoms with Gasteiger partial charge in [0.15, 0.2) is 0 Å². The Hall–Kier alpha value is -2.17. The fourth-order valence-corrected chi connectivity index (χ4v) is 1.23. The highest BCUT2D eigenvalue weighted by Gasteiger charge is 2.13. The standard InChI is InChI=1S/C9H7N3O2/c13-12(14)9-7-10-4-3-8(9)11-5-1-2-6-11/h1-7H. The molecule has 0 saturated carbocycles. The van der Waals surface area contributed by atoms with Crippen LogP contribution in [-0.2, 0) is 0 Å². The van der Waals surface area contributed by atoms with Crippen molar-refractivity contribution in [2.45, 2.75) is 0 Å². The van der Waals surface area contributed by atoms with Gasteiger partial charge in [-0.05, 0) is 18.2 Å². The SMILES string of the molecule is O=[N+]([O-])c1cnccc1-n1cccc1. The van der Waals surface area contributed by atoms with Gasteiger partial charge in [0.1, 0.15) is 11.9 Å². The lowest BCUT2D eigenvalue weighted by atomic mass is 10.3. The molecule has 5 heteroatoms. The van der Waals surface area contributed by atoms with E-state index in [2.05, 4.69) is 4.98 Å². The topological polar surface area (TPSA) is 61.0 Å². The Kier molecular flexibility index (Phi) is 1.98. The minimum absolute atomic E-state index is 0.00343. The lowest BCUT2D eigenvalue weighted by Gasteiger charge is -2.02. The molecule has 70 valence electrons. The van der Waals surface area contributed by atoms with E-state index in [1.165, 1.54) is 12.4 Å². The van der Waals surface area contributed by atoms with Gasteiger partial charge in [-0.15, -0.1) is 0 Å². The van der Waals surface area contributed by atoms with Gasteiger partial charge < -0.3 is 4.57 Å². The minimum atomic E-state index is -0.442. The first-order valence-electron chi connectivity index (χ1n) is 4.01. The van der Waals surface area contributed by atoms with Gasteiger partial charge in [0.25, 0.3) is 0 Å². The molecule has 0 amide bonds. The van der Waals surface area contributed by atoms with E-state index in [9.17, 15) is 10.1 Å². The average Bonchev–Trinajstić information content (AvgIpc) is 2.70. The Morgan fingerprint density at radius 3 is 2.71 bits per heavy atom. The van der Waals surface area contributed by atoms with E-state index in [-0.39, 0.29) is 5.69 Å². The van der Waals surface area contributed by atoms with Crippen molar-refractivity contribution in [3.63, 3.8) is 0 Å². The molecule has 5 nitrogen and oxygen atoms in total. The Morgan fingerprint density at radius 2 is 2.07 bits per heavy atom. The summed E-state index contributed by atoms with van der Waals surface area (Å²) in [6.07, 6.45) is 6.28. The maximum Gasteiger partial charge on any atom is 0.311 e. The van der Waals surface area contributed by atoms with Crippen LogP contribution in [0.4, 0.5) is 5.69 Å². The highest BCUT2D eigenvalue weighted by Crippen LogP contribution is 2.20. The van der Waals surface area contributed by atoms with Crippen molar-refractivity contribution in [1.82, 2.24) is 9.55 Å². The molecule has 0 aliphatic carbocycles. The Morgan fingerprint density at radius 1 is 1.36 bits per heavy atom. The van der Waals surface area contributed by atoms with Gasteiger partial charge in [-0.3, -0.25) is 15.1 Å². The van der Waals surface area contributed by atoms with Crippen molar-refractivity contribution in [1.29, 1.82) is 0 Å². The molecule has 0 spiro atoms. The minimum Gasteiger partial charge on any atom is -0.318 e. The molecule has 2 aromatic rings. The van der Waals surface area contributed by atoms with Crippen molar-refractivity contribution in [2.24, 2.45) is 0 Å². The number of nitro groups is 1. The second-order valence-electron chi connectivity index (χ2n) is 2.71. The summed E-state index contributed by atoms with van der Waals surface area (Å²) in [5.74, 6) is 0. The van der Waals surface area contributed by atoms with Crippen molar-refractivity contribution >= 4 is 5.69 Å². The lowest BCUT2D eigenvalue weighted by Crippen LogP contribution is -1.98. The van der Waals surface area contributed by atoms with E-state index in [1.807, 2.05) is 12.1 Å². The monoisotopic (exact) mass is 189 g/mol. The van der Waals surface area contributed by atoms with Gasteiger partial charge in [-0.1, -0.05) is 0 Å². The molecule has 0 aromatic carbocycles. The zero-order chi connectivity index (χ0) is 9.97. The predicted octanol–water partition coefficient (Wildman–Crippen LogP) is 1.78. The molecule has 0 fully saturated rings. The van der Waals surface area contributed by atoms with E-state index < -0.39 is 4.92 Å². The van der Waals surface area contributed by atoms with Crippen LogP contribution in [0.25, 0.3) is 5.69 Å². The Balaban J connectivity index is 2.58. The van der Waals surface area contributed by atoms with Crippen LogP contribution in [0.5, 0.6) is 0 Å². The van der Waals surface area contributed by atoms with Crippen molar-refractivity contribution in [2.75, 3.05) is 0 Å². The third kappa shape index (κ3) is 1.35. The molecule has 2 aromatic heterocycles. The van der Waals surface area contributed by atoms with Gasteiger partial charge in [0, 0.05) is 18.6 Å². The van der Waals surface area contributed by atoms with Crippen LogP contribution in [0.2, 0.25) is 0 Å². The molecule has 2 rings (SSSR count). The molecular formula is C9H7N3O2. The average molecular weight is 189 g/mol. The molecule has 0 saturated heterocycles. The third-order valence-electron chi connectivity index (χ3n) is 1.86. The summed E-state index contributed by atoms with van der Waals surface area (Å²) < 4.78 is 1.68. The molecule has 0 aliphatic rings. The number of hydrogen-bond donors (Lipinski definition) is 0. The van der Waals surface area contributed by atoms with Crippen LogP contribution in [0.1, 0.15) is 0 Å². The molecular weight excluding hydrogens is 182 g/mol. The maximum atomic E-state index is 10.7. The Labute approximate surface area is 79.8 Å². The molecule has 2 heterocycles. The molecule has 0 unspecified atom stereocenters. The highest BCUT2D eigenvalue weighted by atomic mass is 16.6. The number of rotatable bonds is 2. The fourth-order valence-electron chi connectivity index (χ4n) is 1.23. The normalized spacial score (nSPS) is 10.0. The summed E-state index contributed by atoms with van der Waals surface area (Å²) in [5, 5.41) is 10.7. The smallest absolute Gasteiger partial charge is 0.311 e. The second kappa shape index (κ2) is 3.29. The van der Waals surface area contributed by atoms with Crippen LogP contribution < -0.4 is 0 Å². The largest absolute Gasteiger partial charge is 0.318 e. The molecule has 0 atom stereocenters. The van der Waals surface area contributed by atoms with Crippen molar-refractivity contribution in [3.05, 3.63) is 53.1 Å². The van der Waals surface area contributed by atoms with E-state index in [1.54, 1.807) is 23.0 Å².